The summed E-state index contributed by atoms with van der Waals surface area (Å²) in [5.74, 6) is -0.592. The molecule has 0 saturated carbocycles. The Kier molecular flexibility index (Phi) is 5.57. The molecule has 0 atom stereocenters. The molecule has 154 valence electrons. The number of hydrogen-bond acceptors (Lipinski definition) is 6. The Morgan fingerprint density at radius 3 is 2.40 bits per heavy atom. The van der Waals surface area contributed by atoms with Crippen LogP contribution in [0.5, 0.6) is 5.88 Å². The van der Waals surface area contributed by atoms with E-state index in [1.807, 2.05) is 19.1 Å². The van der Waals surface area contributed by atoms with Crippen molar-refractivity contribution in [2.45, 2.75) is 20.8 Å². The summed E-state index contributed by atoms with van der Waals surface area (Å²) in [7, 11) is 0. The average Bonchev–Trinajstić information content (AvgIpc) is 2.64. The van der Waals surface area contributed by atoms with Crippen LogP contribution in [-0.4, -0.2) is 25.8 Å². The van der Waals surface area contributed by atoms with Gasteiger partial charge in [-0.3, -0.25) is 24.9 Å². The maximum Gasteiger partial charge on any atom is 0.335 e. The molecule has 0 saturated heterocycles. The van der Waals surface area contributed by atoms with Gasteiger partial charge in [0.2, 0.25) is 5.88 Å². The van der Waals surface area contributed by atoms with Gasteiger partial charge in [-0.15, -0.1) is 0 Å². The Hall–Kier alpha value is -3.72. The first-order chi connectivity index (χ1) is 14.1. The first kappa shape index (κ1) is 21.0. The minimum absolute atomic E-state index is 0.0569. The summed E-state index contributed by atoms with van der Waals surface area (Å²) in [5.41, 5.74) is 0.766. The van der Waals surface area contributed by atoms with Crippen molar-refractivity contribution in [3.8, 4) is 11.6 Å². The molecule has 2 aromatic carbocycles. The van der Waals surface area contributed by atoms with Gasteiger partial charge in [0.25, 0.3) is 11.2 Å². The number of hydrogen-bond donors (Lipinski definition) is 2. The molecule has 0 spiro atoms. The predicted molar refractivity (Wildman–Crippen MR) is 114 cm³/mol. The molecule has 3 aromatic rings. The summed E-state index contributed by atoms with van der Waals surface area (Å²) in [5, 5.41) is 21.7. The maximum absolute atomic E-state index is 12.4. The normalized spacial score (nSPS) is 11.2. The van der Waals surface area contributed by atoms with Crippen LogP contribution in [0.1, 0.15) is 22.3 Å². The highest BCUT2D eigenvalue weighted by atomic mass is 35.5. The van der Waals surface area contributed by atoms with Crippen molar-refractivity contribution in [2.24, 2.45) is 4.99 Å². The van der Waals surface area contributed by atoms with E-state index in [2.05, 4.69) is 9.98 Å². The lowest BCUT2D eigenvalue weighted by Crippen LogP contribution is -2.32. The van der Waals surface area contributed by atoms with Crippen LogP contribution in [0.15, 0.2) is 44.9 Å². The molecule has 0 aliphatic carbocycles. The molecule has 9 nitrogen and oxygen atoms in total. The average molecular weight is 429 g/mol. The quantitative estimate of drug-likeness (QED) is 0.373. The lowest BCUT2D eigenvalue weighted by atomic mass is 10.0. The van der Waals surface area contributed by atoms with E-state index in [1.54, 1.807) is 13.8 Å². The van der Waals surface area contributed by atoms with Gasteiger partial charge in [-0.25, -0.2) is 9.36 Å². The molecule has 0 unspecified atom stereocenters. The fourth-order valence-corrected chi connectivity index (χ4v) is 3.43. The van der Waals surface area contributed by atoms with Crippen molar-refractivity contribution < 1.29 is 10.0 Å². The monoisotopic (exact) mass is 428 g/mol. The molecule has 0 aliphatic rings. The van der Waals surface area contributed by atoms with Crippen molar-refractivity contribution >= 4 is 29.2 Å². The van der Waals surface area contributed by atoms with Crippen LogP contribution in [-0.2, 0) is 0 Å². The topological polar surface area (TPSA) is 131 Å². The smallest absolute Gasteiger partial charge is 0.335 e. The van der Waals surface area contributed by atoms with E-state index in [9.17, 15) is 24.8 Å². The summed E-state index contributed by atoms with van der Waals surface area (Å²) in [6.07, 6.45) is 1.04. The number of aromatic hydroxyl groups is 1. The van der Waals surface area contributed by atoms with E-state index in [1.165, 1.54) is 12.1 Å². The highest BCUT2D eigenvalue weighted by molar-refractivity contribution is 6.32. The van der Waals surface area contributed by atoms with Crippen molar-refractivity contribution in [2.75, 3.05) is 0 Å². The van der Waals surface area contributed by atoms with Crippen LogP contribution in [0.4, 0.5) is 11.4 Å². The van der Waals surface area contributed by atoms with E-state index in [4.69, 9.17) is 11.6 Å². The Morgan fingerprint density at radius 1 is 1.17 bits per heavy atom. The summed E-state index contributed by atoms with van der Waals surface area (Å²) < 4.78 is 0.997. The molecule has 2 N–H and O–H groups in total. The number of halogens is 1. The Morgan fingerprint density at radius 2 is 1.80 bits per heavy atom. The first-order valence-electron chi connectivity index (χ1n) is 8.74. The summed E-state index contributed by atoms with van der Waals surface area (Å²) in [4.78, 5) is 41.3. The number of benzene rings is 2. The summed E-state index contributed by atoms with van der Waals surface area (Å²) >= 11 is 5.78. The molecule has 30 heavy (non-hydrogen) atoms. The van der Waals surface area contributed by atoms with Crippen molar-refractivity contribution in [3.05, 3.63) is 88.6 Å². The second-order valence-electron chi connectivity index (χ2n) is 6.73. The zero-order valence-electron chi connectivity index (χ0n) is 16.3. The molecule has 1 aromatic heterocycles. The van der Waals surface area contributed by atoms with E-state index in [0.717, 1.165) is 33.5 Å². The fourth-order valence-electron chi connectivity index (χ4n) is 3.25. The third-order valence-electron chi connectivity index (χ3n) is 4.45. The summed E-state index contributed by atoms with van der Waals surface area (Å²) in [6, 6.07) is 7.55. The van der Waals surface area contributed by atoms with Crippen molar-refractivity contribution in [1.82, 2.24) is 9.55 Å². The van der Waals surface area contributed by atoms with Crippen LogP contribution < -0.4 is 11.2 Å². The maximum atomic E-state index is 12.4. The van der Waals surface area contributed by atoms with Crippen LogP contribution in [0.3, 0.4) is 0 Å². The van der Waals surface area contributed by atoms with Gasteiger partial charge in [0, 0.05) is 12.3 Å². The number of nitro groups is 1. The largest absolute Gasteiger partial charge is 0.493 e. The predicted octanol–water partition coefficient (Wildman–Crippen LogP) is 3.47. The number of aromatic amines is 1. The standard InChI is InChI=1S/C20H17ClN4O5/c1-10-6-11(2)17(12(3)7-10)24-19(27)14(18(26)23-20(24)28)9-22-13-4-5-15(21)16(8-13)25(29)30/h4-9,27H,1-3H3,(H,23,26,28). The Balaban J connectivity index is 2.17. The number of aryl methyl sites for hydroxylation is 3. The number of nitrogens with zero attached hydrogens (tertiary/aromatic N) is 3. The van der Waals surface area contributed by atoms with Gasteiger partial charge < -0.3 is 5.11 Å². The molecule has 0 amide bonds. The van der Waals surface area contributed by atoms with Gasteiger partial charge in [-0.05, 0) is 44.0 Å². The summed E-state index contributed by atoms with van der Waals surface area (Å²) in [6.45, 7) is 5.47. The van der Waals surface area contributed by atoms with Gasteiger partial charge in [0.15, 0.2) is 0 Å². The van der Waals surface area contributed by atoms with Gasteiger partial charge in [0.05, 0.1) is 16.3 Å². The number of aliphatic imine (C=N–C) groups is 1. The number of nitrogens with one attached hydrogen (secondary N) is 1. The number of H-pyrrole nitrogens is 1. The molecule has 0 bridgehead atoms. The van der Waals surface area contributed by atoms with E-state index in [-0.39, 0.29) is 22.0 Å². The lowest BCUT2D eigenvalue weighted by Gasteiger charge is -2.15. The number of nitro benzene ring substituents is 1. The minimum atomic E-state index is -0.844. The molecule has 3 rings (SSSR count). The first-order valence-corrected chi connectivity index (χ1v) is 9.12. The van der Waals surface area contributed by atoms with Crippen molar-refractivity contribution in [3.63, 3.8) is 0 Å². The third-order valence-corrected chi connectivity index (χ3v) is 4.77. The van der Waals surface area contributed by atoms with Gasteiger partial charge in [0.1, 0.15) is 10.6 Å². The highest BCUT2D eigenvalue weighted by Gasteiger charge is 2.18. The molecule has 10 heteroatoms. The van der Waals surface area contributed by atoms with Crippen LogP contribution >= 0.6 is 11.6 Å². The molecule has 0 radical (unpaired) electrons. The van der Waals surface area contributed by atoms with Gasteiger partial charge >= 0.3 is 5.69 Å². The zero-order chi connectivity index (χ0) is 22.2. The molecule has 0 fully saturated rings. The number of rotatable bonds is 4. The Labute approximate surface area is 175 Å². The molecular weight excluding hydrogens is 412 g/mol. The minimum Gasteiger partial charge on any atom is -0.493 e. The van der Waals surface area contributed by atoms with E-state index in [0.29, 0.717) is 5.69 Å². The van der Waals surface area contributed by atoms with Crippen LogP contribution in [0.2, 0.25) is 5.02 Å². The Bertz CT molecular complexity index is 1300. The van der Waals surface area contributed by atoms with Crippen LogP contribution in [0, 0.1) is 30.9 Å². The number of aromatic nitrogens is 2. The van der Waals surface area contributed by atoms with E-state index < -0.39 is 22.1 Å². The van der Waals surface area contributed by atoms with Crippen molar-refractivity contribution in [1.29, 1.82) is 0 Å². The fraction of sp³-hybridized carbons (Fsp3) is 0.150. The van der Waals surface area contributed by atoms with Crippen LogP contribution in [0.25, 0.3) is 5.69 Å². The molecular formula is C20H17ClN4O5. The third kappa shape index (κ3) is 3.87. The highest BCUT2D eigenvalue weighted by Crippen LogP contribution is 2.29. The molecule has 0 aliphatic heterocycles. The second kappa shape index (κ2) is 7.96. The lowest BCUT2D eigenvalue weighted by molar-refractivity contribution is -0.384. The molecule has 1 heterocycles. The zero-order valence-corrected chi connectivity index (χ0v) is 17.0. The van der Waals surface area contributed by atoms with E-state index >= 15 is 0 Å². The SMILES string of the molecule is Cc1cc(C)c(-n2c(O)c(C=Nc3ccc(Cl)c([N+](=O)[O-])c3)c(=O)[nH]c2=O)c(C)c1. The van der Waals surface area contributed by atoms with Gasteiger partial charge in [-0.2, -0.15) is 0 Å². The second-order valence-corrected chi connectivity index (χ2v) is 7.14. The van der Waals surface area contributed by atoms with Gasteiger partial charge in [-0.1, -0.05) is 29.3 Å².